The number of halogens is 2. The fourth-order valence-corrected chi connectivity index (χ4v) is 1.36. The van der Waals surface area contributed by atoms with E-state index in [1.807, 2.05) is 0 Å². The van der Waals surface area contributed by atoms with Gasteiger partial charge >= 0.3 is 0 Å². The first-order valence-electron chi connectivity index (χ1n) is 3.98. The zero-order chi connectivity index (χ0) is 9.47. The second-order valence-electron chi connectivity index (χ2n) is 3.47. The average molecular weight is 185 g/mol. The Labute approximate surface area is 74.4 Å². The zero-order valence-corrected chi connectivity index (χ0v) is 7.17. The molecule has 0 spiro atoms. The fraction of sp³-hybridized carbons (Fsp3) is 0.500. The van der Waals surface area contributed by atoms with Crippen molar-refractivity contribution in [2.75, 3.05) is 18.0 Å². The van der Waals surface area contributed by atoms with Crippen LogP contribution in [0, 0.1) is 5.82 Å². The van der Waals surface area contributed by atoms with Crippen LogP contribution in [0.25, 0.3) is 0 Å². The first kappa shape index (κ1) is 8.34. The Morgan fingerprint density at radius 3 is 2.38 bits per heavy atom. The van der Waals surface area contributed by atoms with Crippen LogP contribution in [0.2, 0.25) is 0 Å². The van der Waals surface area contributed by atoms with Crippen molar-refractivity contribution in [3.8, 4) is 0 Å². The summed E-state index contributed by atoms with van der Waals surface area (Å²) in [7, 11) is 0. The number of alkyl halides is 1. The van der Waals surface area contributed by atoms with E-state index in [1.165, 1.54) is 6.92 Å². The third kappa shape index (κ3) is 1.59. The summed E-state index contributed by atoms with van der Waals surface area (Å²) < 4.78 is 25.5. The van der Waals surface area contributed by atoms with Crippen molar-refractivity contribution in [1.82, 2.24) is 9.97 Å². The lowest BCUT2D eigenvalue weighted by molar-refractivity contribution is 0.142. The summed E-state index contributed by atoms with van der Waals surface area (Å²) in [4.78, 5) is 9.14. The summed E-state index contributed by atoms with van der Waals surface area (Å²) in [6, 6.07) is 0. The molecular formula is C8H9F2N3. The van der Waals surface area contributed by atoms with E-state index >= 15 is 0 Å². The van der Waals surface area contributed by atoms with Crippen LogP contribution in [-0.2, 0) is 0 Å². The standard InChI is InChI=1S/C8H9F2N3/c1-8(10)4-13(5-8)7-11-2-6(9)3-12-7/h2-3H,4-5H2,1H3. The van der Waals surface area contributed by atoms with Crippen molar-refractivity contribution in [1.29, 1.82) is 0 Å². The Hall–Kier alpha value is -1.26. The van der Waals surface area contributed by atoms with E-state index in [4.69, 9.17) is 0 Å². The molecule has 0 unspecified atom stereocenters. The van der Waals surface area contributed by atoms with Gasteiger partial charge in [0.25, 0.3) is 0 Å². The average Bonchev–Trinajstić information content (AvgIpc) is 2.01. The maximum Gasteiger partial charge on any atom is 0.225 e. The lowest BCUT2D eigenvalue weighted by Crippen LogP contribution is -2.57. The number of hydrogen-bond acceptors (Lipinski definition) is 3. The Morgan fingerprint density at radius 1 is 1.38 bits per heavy atom. The SMILES string of the molecule is CC1(F)CN(c2ncc(F)cn2)C1. The summed E-state index contributed by atoms with van der Waals surface area (Å²) in [5.41, 5.74) is -1.16. The van der Waals surface area contributed by atoms with E-state index in [1.54, 1.807) is 4.90 Å². The maximum atomic E-state index is 13.0. The van der Waals surface area contributed by atoms with Crippen molar-refractivity contribution < 1.29 is 8.78 Å². The molecule has 0 radical (unpaired) electrons. The first-order chi connectivity index (χ1) is 6.07. The molecule has 1 aromatic heterocycles. The first-order valence-corrected chi connectivity index (χ1v) is 3.98. The van der Waals surface area contributed by atoms with Crippen molar-refractivity contribution in [2.24, 2.45) is 0 Å². The van der Waals surface area contributed by atoms with E-state index < -0.39 is 11.5 Å². The highest BCUT2D eigenvalue weighted by Crippen LogP contribution is 2.27. The second-order valence-corrected chi connectivity index (χ2v) is 3.47. The molecule has 0 amide bonds. The molecule has 1 aliphatic heterocycles. The molecule has 1 aliphatic rings. The van der Waals surface area contributed by atoms with Crippen LogP contribution in [0.3, 0.4) is 0 Å². The molecule has 2 heterocycles. The minimum absolute atomic E-state index is 0.276. The molecule has 0 N–H and O–H groups in total. The van der Waals surface area contributed by atoms with Gasteiger partial charge in [-0.2, -0.15) is 0 Å². The summed E-state index contributed by atoms with van der Waals surface area (Å²) in [6.45, 7) is 2.07. The van der Waals surface area contributed by atoms with Crippen molar-refractivity contribution in [3.05, 3.63) is 18.2 Å². The van der Waals surface area contributed by atoms with Gasteiger partial charge in [-0.15, -0.1) is 0 Å². The van der Waals surface area contributed by atoms with Gasteiger partial charge in [-0.05, 0) is 6.92 Å². The van der Waals surface area contributed by atoms with Crippen LogP contribution in [0.4, 0.5) is 14.7 Å². The Morgan fingerprint density at radius 2 is 1.92 bits per heavy atom. The third-order valence-electron chi connectivity index (χ3n) is 1.93. The molecule has 2 rings (SSSR count). The van der Waals surface area contributed by atoms with E-state index in [9.17, 15) is 8.78 Å². The largest absolute Gasteiger partial charge is 0.334 e. The van der Waals surface area contributed by atoms with E-state index in [2.05, 4.69) is 9.97 Å². The smallest absolute Gasteiger partial charge is 0.225 e. The molecule has 0 atom stereocenters. The molecule has 3 nitrogen and oxygen atoms in total. The summed E-state index contributed by atoms with van der Waals surface area (Å²) >= 11 is 0. The van der Waals surface area contributed by atoms with Gasteiger partial charge in [-0.25, -0.2) is 18.7 Å². The highest BCUT2D eigenvalue weighted by atomic mass is 19.1. The molecule has 0 aromatic carbocycles. The monoisotopic (exact) mass is 185 g/mol. The van der Waals surface area contributed by atoms with E-state index in [0.29, 0.717) is 5.95 Å². The molecule has 0 saturated carbocycles. The van der Waals surface area contributed by atoms with Crippen LogP contribution >= 0.6 is 0 Å². The topological polar surface area (TPSA) is 29.0 Å². The van der Waals surface area contributed by atoms with Gasteiger partial charge in [0.1, 0.15) is 5.67 Å². The van der Waals surface area contributed by atoms with Gasteiger partial charge in [-0.3, -0.25) is 0 Å². The molecule has 70 valence electrons. The molecule has 0 aliphatic carbocycles. The van der Waals surface area contributed by atoms with Crippen molar-refractivity contribution in [3.63, 3.8) is 0 Å². The predicted octanol–water partition coefficient (Wildman–Crippen LogP) is 1.16. The van der Waals surface area contributed by atoms with Crippen LogP contribution in [-0.4, -0.2) is 28.7 Å². The minimum Gasteiger partial charge on any atom is -0.334 e. The highest BCUT2D eigenvalue weighted by Gasteiger charge is 2.40. The van der Waals surface area contributed by atoms with Gasteiger partial charge in [0.2, 0.25) is 5.95 Å². The van der Waals surface area contributed by atoms with Gasteiger partial charge < -0.3 is 4.90 Å². The highest BCUT2D eigenvalue weighted by molar-refractivity contribution is 5.35. The Kier molecular flexibility index (Phi) is 1.68. The Balaban J connectivity index is 2.08. The number of aromatic nitrogens is 2. The van der Waals surface area contributed by atoms with Crippen LogP contribution in [0.15, 0.2) is 12.4 Å². The lowest BCUT2D eigenvalue weighted by Gasteiger charge is -2.41. The van der Waals surface area contributed by atoms with E-state index in [0.717, 1.165) is 12.4 Å². The number of hydrogen-bond donors (Lipinski definition) is 0. The molecule has 1 fully saturated rings. The normalized spacial score (nSPS) is 19.8. The van der Waals surface area contributed by atoms with Gasteiger partial charge in [0.15, 0.2) is 5.82 Å². The molecule has 1 aromatic rings. The molecule has 13 heavy (non-hydrogen) atoms. The summed E-state index contributed by atoms with van der Waals surface area (Å²) in [6.07, 6.45) is 2.16. The number of anilines is 1. The molecule has 1 saturated heterocycles. The fourth-order valence-electron chi connectivity index (χ4n) is 1.36. The lowest BCUT2D eigenvalue weighted by atomic mass is 10.00. The number of nitrogens with zero attached hydrogens (tertiary/aromatic N) is 3. The zero-order valence-electron chi connectivity index (χ0n) is 7.17. The van der Waals surface area contributed by atoms with Crippen LogP contribution in [0.1, 0.15) is 6.92 Å². The second kappa shape index (κ2) is 2.61. The van der Waals surface area contributed by atoms with Gasteiger partial charge in [0.05, 0.1) is 25.5 Å². The van der Waals surface area contributed by atoms with Crippen molar-refractivity contribution in [2.45, 2.75) is 12.6 Å². The quantitative estimate of drug-likeness (QED) is 0.657. The third-order valence-corrected chi connectivity index (χ3v) is 1.93. The van der Waals surface area contributed by atoms with Crippen LogP contribution in [0.5, 0.6) is 0 Å². The number of rotatable bonds is 1. The molecule has 0 bridgehead atoms. The van der Waals surface area contributed by atoms with Crippen LogP contribution < -0.4 is 4.90 Å². The summed E-state index contributed by atoms with van der Waals surface area (Å²) in [5, 5.41) is 0. The predicted molar refractivity (Wildman–Crippen MR) is 43.7 cm³/mol. The minimum atomic E-state index is -1.16. The van der Waals surface area contributed by atoms with Gasteiger partial charge in [-0.1, -0.05) is 0 Å². The maximum absolute atomic E-state index is 13.0. The van der Waals surface area contributed by atoms with Crippen molar-refractivity contribution >= 4 is 5.95 Å². The van der Waals surface area contributed by atoms with Gasteiger partial charge in [0, 0.05) is 0 Å². The van der Waals surface area contributed by atoms with E-state index in [-0.39, 0.29) is 13.1 Å². The molecule has 5 heteroatoms. The Bertz CT molecular complexity index is 302. The summed E-state index contributed by atoms with van der Waals surface area (Å²) in [5.74, 6) is -0.0937. The molecular weight excluding hydrogens is 176 g/mol.